The highest BCUT2D eigenvalue weighted by Crippen LogP contribution is 2.25. The van der Waals surface area contributed by atoms with Crippen LogP contribution in [0.4, 0.5) is 5.69 Å². The molecule has 0 saturated carbocycles. The molecule has 0 radical (unpaired) electrons. The number of hydrogen-bond acceptors (Lipinski definition) is 3. The molecular weight excluding hydrogens is 377 g/mol. The molecule has 1 aromatic rings. The van der Waals surface area contributed by atoms with Crippen LogP contribution in [-0.2, 0) is 14.4 Å². The summed E-state index contributed by atoms with van der Waals surface area (Å²) in [6.07, 6.45) is 2.97. The van der Waals surface area contributed by atoms with Gasteiger partial charge in [0.15, 0.2) is 0 Å². The molecule has 3 amide bonds. The minimum atomic E-state index is -0.346. The Balaban J connectivity index is 1.96. The summed E-state index contributed by atoms with van der Waals surface area (Å²) in [6.45, 7) is 2.90. The number of anilines is 1. The molecule has 1 fully saturated rings. The fraction of sp³-hybridized carbons (Fsp3) is 0.500. The molecule has 8 heteroatoms. The van der Waals surface area contributed by atoms with Crippen molar-refractivity contribution in [2.24, 2.45) is 0 Å². The monoisotopic (exact) mass is 399 g/mol. The van der Waals surface area contributed by atoms with Gasteiger partial charge in [-0.25, -0.2) is 0 Å². The van der Waals surface area contributed by atoms with Gasteiger partial charge in [-0.1, -0.05) is 30.1 Å². The Bertz CT molecular complexity index is 682. The van der Waals surface area contributed by atoms with Crippen LogP contribution in [0.15, 0.2) is 18.2 Å². The van der Waals surface area contributed by atoms with Gasteiger partial charge in [0.2, 0.25) is 17.7 Å². The number of carbonyl (C=O) groups is 3. The summed E-state index contributed by atoms with van der Waals surface area (Å²) < 4.78 is 0. The number of benzene rings is 1. The largest absolute Gasteiger partial charge is 0.333 e. The molecule has 0 unspecified atom stereocenters. The number of rotatable bonds is 7. The summed E-state index contributed by atoms with van der Waals surface area (Å²) in [4.78, 5) is 39.8. The molecule has 1 heterocycles. The number of likely N-dealkylation sites (tertiary alicyclic amines) is 1. The molecule has 0 aliphatic carbocycles. The lowest BCUT2D eigenvalue weighted by atomic mass is 10.1. The maximum absolute atomic E-state index is 12.6. The van der Waals surface area contributed by atoms with Gasteiger partial charge in [-0.2, -0.15) is 0 Å². The molecule has 0 spiro atoms. The first kappa shape index (κ1) is 20.5. The SMILES string of the molecule is CCCN(CC(=O)Nc1ccc(Cl)cc1Cl)C(=O)CN1CCCCC1=O. The minimum Gasteiger partial charge on any atom is -0.333 e. The number of nitrogens with zero attached hydrogens (tertiary/aromatic N) is 2. The topological polar surface area (TPSA) is 69.7 Å². The predicted molar refractivity (Wildman–Crippen MR) is 102 cm³/mol. The van der Waals surface area contributed by atoms with Crippen LogP contribution in [0.2, 0.25) is 10.0 Å². The van der Waals surface area contributed by atoms with Crippen molar-refractivity contribution in [3.05, 3.63) is 28.2 Å². The van der Waals surface area contributed by atoms with Crippen molar-refractivity contribution >= 4 is 46.6 Å². The summed E-state index contributed by atoms with van der Waals surface area (Å²) in [5, 5.41) is 3.50. The fourth-order valence-corrected chi connectivity index (χ4v) is 3.26. The van der Waals surface area contributed by atoms with Gasteiger partial charge in [-0.05, 0) is 37.5 Å². The van der Waals surface area contributed by atoms with Crippen LogP contribution in [0, 0.1) is 0 Å². The molecule has 0 atom stereocenters. The molecule has 0 aromatic heterocycles. The van der Waals surface area contributed by atoms with Gasteiger partial charge in [-0.3, -0.25) is 14.4 Å². The van der Waals surface area contributed by atoms with E-state index in [0.717, 1.165) is 12.8 Å². The molecule has 26 heavy (non-hydrogen) atoms. The summed E-state index contributed by atoms with van der Waals surface area (Å²) in [6, 6.07) is 4.77. The van der Waals surface area contributed by atoms with Crippen LogP contribution in [0.5, 0.6) is 0 Å². The first-order valence-corrected chi connectivity index (χ1v) is 9.46. The van der Waals surface area contributed by atoms with E-state index in [-0.39, 0.29) is 30.8 Å². The standard InChI is InChI=1S/C18H23Cl2N3O3/c1-2-8-22(18(26)12-23-9-4-3-5-17(23)25)11-16(24)21-15-7-6-13(19)10-14(15)20/h6-7,10H,2-5,8-9,11-12H2,1H3,(H,21,24). The van der Waals surface area contributed by atoms with Crippen molar-refractivity contribution in [2.75, 3.05) is 31.5 Å². The van der Waals surface area contributed by atoms with Crippen LogP contribution < -0.4 is 5.32 Å². The van der Waals surface area contributed by atoms with E-state index < -0.39 is 0 Å². The van der Waals surface area contributed by atoms with Crippen LogP contribution in [0.1, 0.15) is 32.6 Å². The molecule has 1 aliphatic rings. The summed E-state index contributed by atoms with van der Waals surface area (Å²) >= 11 is 11.9. The molecule has 142 valence electrons. The third kappa shape index (κ3) is 5.88. The number of nitrogens with one attached hydrogen (secondary N) is 1. The van der Waals surface area contributed by atoms with E-state index in [1.807, 2.05) is 6.92 Å². The van der Waals surface area contributed by atoms with E-state index in [2.05, 4.69) is 5.32 Å². The number of carbonyl (C=O) groups excluding carboxylic acids is 3. The average molecular weight is 400 g/mol. The fourth-order valence-electron chi connectivity index (χ4n) is 2.81. The zero-order valence-corrected chi connectivity index (χ0v) is 16.3. The second-order valence-corrected chi connectivity index (χ2v) is 7.10. The molecular formula is C18H23Cl2N3O3. The Labute approximate surface area is 163 Å². The lowest BCUT2D eigenvalue weighted by molar-refractivity contribution is -0.142. The number of hydrogen-bond donors (Lipinski definition) is 1. The van der Waals surface area contributed by atoms with Crippen molar-refractivity contribution in [3.8, 4) is 0 Å². The molecule has 2 rings (SSSR count). The Morgan fingerprint density at radius 1 is 1.27 bits per heavy atom. The molecule has 1 saturated heterocycles. The average Bonchev–Trinajstić information content (AvgIpc) is 2.59. The highest BCUT2D eigenvalue weighted by atomic mass is 35.5. The molecule has 1 N–H and O–H groups in total. The van der Waals surface area contributed by atoms with Crippen LogP contribution >= 0.6 is 23.2 Å². The molecule has 1 aliphatic heterocycles. The normalized spacial score (nSPS) is 14.3. The first-order chi connectivity index (χ1) is 12.4. The number of piperidine rings is 1. The summed E-state index contributed by atoms with van der Waals surface area (Å²) in [5.41, 5.74) is 0.441. The van der Waals surface area contributed by atoms with Crippen molar-refractivity contribution < 1.29 is 14.4 Å². The third-order valence-electron chi connectivity index (χ3n) is 4.13. The Morgan fingerprint density at radius 2 is 2.04 bits per heavy atom. The van der Waals surface area contributed by atoms with Gasteiger partial charge in [-0.15, -0.1) is 0 Å². The summed E-state index contributed by atoms with van der Waals surface area (Å²) in [7, 11) is 0. The molecule has 1 aromatic carbocycles. The van der Waals surface area contributed by atoms with Crippen molar-refractivity contribution in [1.29, 1.82) is 0 Å². The van der Waals surface area contributed by atoms with Gasteiger partial charge < -0.3 is 15.1 Å². The maximum Gasteiger partial charge on any atom is 0.244 e. The predicted octanol–water partition coefficient (Wildman–Crippen LogP) is 3.18. The van der Waals surface area contributed by atoms with E-state index in [4.69, 9.17) is 23.2 Å². The van der Waals surface area contributed by atoms with Gasteiger partial charge in [0.05, 0.1) is 23.8 Å². The van der Waals surface area contributed by atoms with E-state index in [1.165, 1.54) is 11.0 Å². The number of amides is 3. The Morgan fingerprint density at radius 3 is 2.69 bits per heavy atom. The molecule has 6 nitrogen and oxygen atoms in total. The van der Waals surface area contributed by atoms with Gasteiger partial charge in [0.25, 0.3) is 0 Å². The lowest BCUT2D eigenvalue weighted by Gasteiger charge is -2.29. The quantitative estimate of drug-likeness (QED) is 0.765. The Hall–Kier alpha value is -1.79. The van der Waals surface area contributed by atoms with E-state index >= 15 is 0 Å². The minimum absolute atomic E-state index is 0.00144. The van der Waals surface area contributed by atoms with Crippen LogP contribution in [-0.4, -0.2) is 53.7 Å². The van der Waals surface area contributed by atoms with Crippen molar-refractivity contribution in [1.82, 2.24) is 9.80 Å². The molecule has 0 bridgehead atoms. The second-order valence-electron chi connectivity index (χ2n) is 6.26. The summed E-state index contributed by atoms with van der Waals surface area (Å²) in [5.74, 6) is -0.570. The van der Waals surface area contributed by atoms with Gasteiger partial charge in [0, 0.05) is 24.5 Å². The van der Waals surface area contributed by atoms with Crippen molar-refractivity contribution in [3.63, 3.8) is 0 Å². The highest BCUT2D eigenvalue weighted by Gasteiger charge is 2.24. The van der Waals surface area contributed by atoms with E-state index in [1.54, 1.807) is 17.0 Å². The highest BCUT2D eigenvalue weighted by molar-refractivity contribution is 6.36. The third-order valence-corrected chi connectivity index (χ3v) is 4.68. The van der Waals surface area contributed by atoms with E-state index in [0.29, 0.717) is 41.7 Å². The zero-order valence-electron chi connectivity index (χ0n) is 14.8. The second kappa shape index (κ2) is 9.78. The zero-order chi connectivity index (χ0) is 19.1. The van der Waals surface area contributed by atoms with E-state index in [9.17, 15) is 14.4 Å². The maximum atomic E-state index is 12.6. The lowest BCUT2D eigenvalue weighted by Crippen LogP contribution is -2.47. The smallest absolute Gasteiger partial charge is 0.244 e. The van der Waals surface area contributed by atoms with Gasteiger partial charge >= 0.3 is 0 Å². The first-order valence-electron chi connectivity index (χ1n) is 8.71. The van der Waals surface area contributed by atoms with Crippen molar-refractivity contribution in [2.45, 2.75) is 32.6 Å². The number of halogens is 2. The Kier molecular flexibility index (Phi) is 7.72. The van der Waals surface area contributed by atoms with Crippen LogP contribution in [0.25, 0.3) is 0 Å². The van der Waals surface area contributed by atoms with Crippen LogP contribution in [0.3, 0.4) is 0 Å². The van der Waals surface area contributed by atoms with Gasteiger partial charge in [0.1, 0.15) is 0 Å².